The van der Waals surface area contributed by atoms with Gasteiger partial charge in [0.1, 0.15) is 11.6 Å². The molecule has 3 rings (SSSR count). The van der Waals surface area contributed by atoms with Gasteiger partial charge in [0, 0.05) is 22.6 Å². The number of carbonyl (C=O) groups is 1. The SMILES string of the molecule is COc1ccc(F)cc1C(=O)NCc1ccc(Br)c2cc[nH]c12. The van der Waals surface area contributed by atoms with Crippen molar-refractivity contribution in [3.05, 3.63) is 64.0 Å². The minimum atomic E-state index is -0.480. The van der Waals surface area contributed by atoms with Crippen LogP contribution in [0.3, 0.4) is 0 Å². The lowest BCUT2D eigenvalue weighted by atomic mass is 10.1. The van der Waals surface area contributed by atoms with E-state index in [1.165, 1.54) is 25.3 Å². The van der Waals surface area contributed by atoms with Crippen molar-refractivity contribution in [2.75, 3.05) is 7.11 Å². The summed E-state index contributed by atoms with van der Waals surface area (Å²) in [5, 5.41) is 3.84. The van der Waals surface area contributed by atoms with Gasteiger partial charge >= 0.3 is 0 Å². The lowest BCUT2D eigenvalue weighted by Crippen LogP contribution is -2.23. The number of aromatic amines is 1. The fourth-order valence-corrected chi connectivity index (χ4v) is 2.92. The highest BCUT2D eigenvalue weighted by atomic mass is 79.9. The van der Waals surface area contributed by atoms with Crippen LogP contribution in [0.5, 0.6) is 5.75 Å². The number of H-pyrrole nitrogens is 1. The highest BCUT2D eigenvalue weighted by Crippen LogP contribution is 2.26. The van der Waals surface area contributed by atoms with Crippen molar-refractivity contribution >= 4 is 32.7 Å². The fourth-order valence-electron chi connectivity index (χ4n) is 2.46. The molecule has 0 bridgehead atoms. The molecule has 6 heteroatoms. The molecule has 1 heterocycles. The van der Waals surface area contributed by atoms with Gasteiger partial charge in [-0.15, -0.1) is 0 Å². The van der Waals surface area contributed by atoms with Crippen molar-refractivity contribution in [1.82, 2.24) is 10.3 Å². The van der Waals surface area contributed by atoms with E-state index in [4.69, 9.17) is 4.74 Å². The van der Waals surface area contributed by atoms with Crippen LogP contribution in [0.25, 0.3) is 10.9 Å². The average Bonchev–Trinajstić information content (AvgIpc) is 3.04. The minimum Gasteiger partial charge on any atom is -0.496 e. The first-order chi connectivity index (χ1) is 11.1. The van der Waals surface area contributed by atoms with Crippen LogP contribution in [0, 0.1) is 5.82 Å². The molecule has 2 aromatic carbocycles. The number of carbonyl (C=O) groups excluding carboxylic acids is 1. The molecule has 3 aromatic rings. The third kappa shape index (κ3) is 3.07. The molecule has 0 saturated heterocycles. The predicted octanol–water partition coefficient (Wildman–Crippen LogP) is 4.01. The molecule has 1 amide bonds. The number of rotatable bonds is 4. The average molecular weight is 377 g/mol. The van der Waals surface area contributed by atoms with E-state index in [9.17, 15) is 9.18 Å². The number of fused-ring (bicyclic) bond motifs is 1. The maximum absolute atomic E-state index is 13.4. The van der Waals surface area contributed by atoms with E-state index in [1.807, 2.05) is 24.4 Å². The first-order valence-electron chi connectivity index (χ1n) is 6.96. The molecule has 0 spiro atoms. The minimum absolute atomic E-state index is 0.173. The smallest absolute Gasteiger partial charge is 0.255 e. The molecular formula is C17H14BrFN2O2. The number of ether oxygens (including phenoxy) is 1. The van der Waals surface area contributed by atoms with Gasteiger partial charge in [-0.05, 0) is 35.9 Å². The summed E-state index contributed by atoms with van der Waals surface area (Å²) in [4.78, 5) is 15.5. The highest BCUT2D eigenvalue weighted by molar-refractivity contribution is 9.10. The summed E-state index contributed by atoms with van der Waals surface area (Å²) in [6.45, 7) is 0.322. The summed E-state index contributed by atoms with van der Waals surface area (Å²) in [5.74, 6) is -0.528. The Balaban J connectivity index is 1.83. The molecule has 0 aliphatic heterocycles. The maximum atomic E-state index is 13.4. The first-order valence-corrected chi connectivity index (χ1v) is 7.75. The lowest BCUT2D eigenvalue weighted by molar-refractivity contribution is 0.0947. The van der Waals surface area contributed by atoms with Gasteiger partial charge in [0.15, 0.2) is 0 Å². The number of aromatic nitrogens is 1. The Hall–Kier alpha value is -2.34. The van der Waals surface area contributed by atoms with Crippen LogP contribution in [0.4, 0.5) is 4.39 Å². The Labute approximate surface area is 140 Å². The van der Waals surface area contributed by atoms with E-state index < -0.39 is 5.82 Å². The molecule has 23 heavy (non-hydrogen) atoms. The van der Waals surface area contributed by atoms with Crippen LogP contribution in [-0.2, 0) is 6.54 Å². The second-order valence-corrected chi connectivity index (χ2v) is 5.85. The number of nitrogens with one attached hydrogen (secondary N) is 2. The zero-order valence-corrected chi connectivity index (χ0v) is 13.9. The van der Waals surface area contributed by atoms with Gasteiger partial charge in [0.2, 0.25) is 0 Å². The monoisotopic (exact) mass is 376 g/mol. The third-order valence-corrected chi connectivity index (χ3v) is 4.29. The summed E-state index contributed by atoms with van der Waals surface area (Å²) in [6, 6.07) is 9.67. The molecule has 0 unspecified atom stereocenters. The van der Waals surface area contributed by atoms with Gasteiger partial charge in [-0.25, -0.2) is 4.39 Å². The Kier molecular flexibility index (Phi) is 4.34. The molecule has 0 saturated carbocycles. The molecule has 4 nitrogen and oxygen atoms in total. The molecule has 0 aliphatic carbocycles. The van der Waals surface area contributed by atoms with Crippen LogP contribution in [0.15, 0.2) is 47.1 Å². The third-order valence-electron chi connectivity index (χ3n) is 3.60. The lowest BCUT2D eigenvalue weighted by Gasteiger charge is -2.10. The molecule has 1 aromatic heterocycles. The number of hydrogen-bond acceptors (Lipinski definition) is 2. The number of benzene rings is 2. The van der Waals surface area contributed by atoms with Crippen molar-refractivity contribution < 1.29 is 13.9 Å². The van der Waals surface area contributed by atoms with E-state index in [-0.39, 0.29) is 11.5 Å². The Bertz CT molecular complexity index is 876. The number of methoxy groups -OCH3 is 1. The Morgan fingerprint density at radius 1 is 1.30 bits per heavy atom. The largest absolute Gasteiger partial charge is 0.496 e. The fraction of sp³-hybridized carbons (Fsp3) is 0.118. The van der Waals surface area contributed by atoms with Crippen molar-refractivity contribution in [1.29, 1.82) is 0 Å². The zero-order valence-electron chi connectivity index (χ0n) is 12.3. The second-order valence-electron chi connectivity index (χ2n) is 5.00. The molecule has 2 N–H and O–H groups in total. The normalized spacial score (nSPS) is 10.7. The number of halogens is 2. The van der Waals surface area contributed by atoms with Crippen LogP contribution < -0.4 is 10.1 Å². The van der Waals surface area contributed by atoms with Crippen LogP contribution >= 0.6 is 15.9 Å². The quantitative estimate of drug-likeness (QED) is 0.722. The van der Waals surface area contributed by atoms with Gasteiger partial charge in [0.25, 0.3) is 5.91 Å². The highest BCUT2D eigenvalue weighted by Gasteiger charge is 2.14. The molecule has 0 radical (unpaired) electrons. The van der Waals surface area contributed by atoms with E-state index in [0.29, 0.717) is 12.3 Å². The number of amides is 1. The summed E-state index contributed by atoms with van der Waals surface area (Å²) in [7, 11) is 1.45. The summed E-state index contributed by atoms with van der Waals surface area (Å²) in [5.41, 5.74) is 2.06. The van der Waals surface area contributed by atoms with Crippen molar-refractivity contribution in [2.45, 2.75) is 6.54 Å². The van der Waals surface area contributed by atoms with Crippen molar-refractivity contribution in [2.24, 2.45) is 0 Å². The summed E-state index contributed by atoms with van der Waals surface area (Å²) >= 11 is 3.49. The molecule has 0 aliphatic rings. The topological polar surface area (TPSA) is 54.1 Å². The molecule has 0 fully saturated rings. The van der Waals surface area contributed by atoms with Gasteiger partial charge in [-0.2, -0.15) is 0 Å². The maximum Gasteiger partial charge on any atom is 0.255 e. The van der Waals surface area contributed by atoms with Crippen LogP contribution in [-0.4, -0.2) is 18.0 Å². The first kappa shape index (κ1) is 15.6. The van der Waals surface area contributed by atoms with E-state index >= 15 is 0 Å². The second kappa shape index (κ2) is 6.42. The van der Waals surface area contributed by atoms with Crippen molar-refractivity contribution in [3.63, 3.8) is 0 Å². The standard InChI is InChI=1S/C17H14BrFN2O2/c1-23-15-5-3-11(19)8-13(15)17(22)21-9-10-2-4-14(18)12-6-7-20-16(10)12/h2-8,20H,9H2,1H3,(H,21,22). The van der Waals surface area contributed by atoms with Gasteiger partial charge in [0.05, 0.1) is 18.2 Å². The number of hydrogen-bond donors (Lipinski definition) is 2. The Morgan fingerprint density at radius 3 is 2.91 bits per heavy atom. The molecular weight excluding hydrogens is 363 g/mol. The van der Waals surface area contributed by atoms with Gasteiger partial charge in [-0.1, -0.05) is 22.0 Å². The van der Waals surface area contributed by atoms with E-state index in [1.54, 1.807) is 0 Å². The molecule has 118 valence electrons. The Morgan fingerprint density at radius 2 is 2.13 bits per heavy atom. The van der Waals surface area contributed by atoms with Gasteiger partial charge < -0.3 is 15.0 Å². The van der Waals surface area contributed by atoms with E-state index in [2.05, 4.69) is 26.2 Å². The zero-order chi connectivity index (χ0) is 16.4. The van der Waals surface area contributed by atoms with Gasteiger partial charge in [-0.3, -0.25) is 4.79 Å². The summed E-state index contributed by atoms with van der Waals surface area (Å²) in [6.07, 6.45) is 1.84. The summed E-state index contributed by atoms with van der Waals surface area (Å²) < 4.78 is 19.5. The van der Waals surface area contributed by atoms with Crippen LogP contribution in [0.1, 0.15) is 15.9 Å². The molecule has 0 atom stereocenters. The van der Waals surface area contributed by atoms with E-state index in [0.717, 1.165) is 20.9 Å². The van der Waals surface area contributed by atoms with Crippen molar-refractivity contribution in [3.8, 4) is 5.75 Å². The van der Waals surface area contributed by atoms with Crippen LogP contribution in [0.2, 0.25) is 0 Å². The predicted molar refractivity (Wildman–Crippen MR) is 90.1 cm³/mol.